The Kier molecular flexibility index (Phi) is 123. The Morgan fingerprint density at radius 3 is 0.947 bits per heavy atom. The van der Waals surface area contributed by atoms with Crippen molar-refractivity contribution in [3.8, 4) is 0 Å². The fourth-order valence-electron chi connectivity index (χ4n) is 1.97. The van der Waals surface area contributed by atoms with Crippen LogP contribution in [0.3, 0.4) is 0 Å². The van der Waals surface area contributed by atoms with E-state index in [1.54, 1.807) is 0 Å². The topological polar surface area (TPSA) is 0 Å². The van der Waals surface area contributed by atoms with Crippen LogP contribution < -0.4 is 0 Å². The Balaban J connectivity index is -0.0000000467. The van der Waals surface area contributed by atoms with Gasteiger partial charge in [0.1, 0.15) is 0 Å². The second-order valence-corrected chi connectivity index (χ2v) is 4.55. The average molecular weight is 531 g/mol. The van der Waals surface area contributed by atoms with E-state index in [1.807, 2.05) is 161 Å². The maximum Gasteiger partial charge on any atom is -0.00882 e. The predicted molar refractivity (Wildman–Crippen MR) is 191 cm³/mol. The summed E-state index contributed by atoms with van der Waals surface area (Å²) in [7, 11) is 0. The molecule has 38 heavy (non-hydrogen) atoms. The first-order valence-electron chi connectivity index (χ1n) is 16.0. The lowest BCUT2D eigenvalue weighted by Crippen LogP contribution is -1.76. The third-order valence-electron chi connectivity index (χ3n) is 3.01. The second-order valence-electron chi connectivity index (χ2n) is 4.55. The molecular formula is C38H74. The lowest BCUT2D eigenvalue weighted by atomic mass is 10.1. The zero-order valence-electron chi connectivity index (χ0n) is 29.7. The fraction of sp³-hybridized carbons (Fsp3) is 0.526. The highest BCUT2D eigenvalue weighted by atomic mass is 14.0. The van der Waals surface area contributed by atoms with Gasteiger partial charge in [0, 0.05) is 0 Å². The molecule has 0 fully saturated rings. The summed E-state index contributed by atoms with van der Waals surface area (Å²) in [5.41, 5.74) is 2.84. The molecule has 2 aliphatic carbocycles. The summed E-state index contributed by atoms with van der Waals surface area (Å²) in [6.07, 6.45) is 15.0. The summed E-state index contributed by atoms with van der Waals surface area (Å²) < 4.78 is 0. The third kappa shape index (κ3) is 54.5. The summed E-state index contributed by atoms with van der Waals surface area (Å²) in [6, 6.07) is 20.5. The lowest BCUT2D eigenvalue weighted by Gasteiger charge is -1.93. The first kappa shape index (κ1) is 56.0. The van der Waals surface area contributed by atoms with Gasteiger partial charge >= 0.3 is 0 Å². The van der Waals surface area contributed by atoms with Crippen LogP contribution in [0.5, 0.6) is 0 Å². The van der Waals surface area contributed by atoms with Crippen LogP contribution in [0.2, 0.25) is 0 Å². The molecule has 0 spiro atoms. The maximum atomic E-state index is 2.20. The van der Waals surface area contributed by atoms with Crippen molar-refractivity contribution in [2.75, 3.05) is 0 Å². The van der Waals surface area contributed by atoms with Gasteiger partial charge in [0.15, 0.2) is 0 Å². The Morgan fingerprint density at radius 1 is 0.368 bits per heavy atom. The van der Waals surface area contributed by atoms with E-state index in [1.165, 1.54) is 11.1 Å². The molecule has 0 unspecified atom stereocenters. The molecule has 4 rings (SSSR count). The molecular weight excluding hydrogens is 456 g/mol. The van der Waals surface area contributed by atoms with Gasteiger partial charge in [-0.25, -0.2) is 0 Å². The van der Waals surface area contributed by atoms with Crippen molar-refractivity contribution >= 4 is 6.08 Å². The molecule has 0 nitrogen and oxygen atoms in total. The molecule has 0 heteroatoms. The van der Waals surface area contributed by atoms with E-state index in [9.17, 15) is 0 Å². The average Bonchev–Trinajstić information content (AvgIpc) is 3.83. The number of hydrogen-bond acceptors (Lipinski definition) is 0. The Hall–Kier alpha value is -2.34. The first-order valence-corrected chi connectivity index (χ1v) is 16.0. The van der Waals surface area contributed by atoms with Gasteiger partial charge in [-0.2, -0.15) is 0 Å². The van der Waals surface area contributed by atoms with Crippen LogP contribution >= 0.6 is 0 Å². The van der Waals surface area contributed by atoms with Crippen molar-refractivity contribution < 1.29 is 0 Å². The molecule has 0 atom stereocenters. The number of rotatable bonds is 0. The van der Waals surface area contributed by atoms with Crippen LogP contribution in [-0.4, -0.2) is 0 Å². The van der Waals surface area contributed by atoms with Crippen LogP contribution in [-0.2, 0) is 6.42 Å². The van der Waals surface area contributed by atoms with E-state index < -0.39 is 0 Å². The van der Waals surface area contributed by atoms with Gasteiger partial charge in [0.05, 0.1) is 0 Å². The quantitative estimate of drug-likeness (QED) is 0.317. The summed E-state index contributed by atoms with van der Waals surface area (Å²) >= 11 is 0. The number of allylic oxidation sites excluding steroid dienone is 5. The summed E-state index contributed by atoms with van der Waals surface area (Å²) in [6.45, 7) is 36.0. The van der Waals surface area contributed by atoms with Crippen LogP contribution in [0.4, 0.5) is 0 Å². The summed E-state index contributed by atoms with van der Waals surface area (Å²) in [4.78, 5) is 0. The monoisotopic (exact) mass is 531 g/mol. The van der Waals surface area contributed by atoms with Crippen molar-refractivity contribution in [3.05, 3.63) is 102 Å². The smallest absolute Gasteiger partial charge is 0.00882 e. The number of fused-ring (bicyclic) bond motifs is 1. The number of hydrogen-bond donors (Lipinski definition) is 0. The van der Waals surface area contributed by atoms with Crippen LogP contribution in [0.25, 0.3) is 6.08 Å². The molecule has 226 valence electrons. The zero-order chi connectivity index (χ0) is 31.9. The molecule has 0 saturated heterocycles. The molecule has 0 aromatic heterocycles. The molecule has 0 bridgehead atoms. The van der Waals surface area contributed by atoms with Crippen LogP contribution in [0, 0.1) is 0 Å². The predicted octanol–water partition coefficient (Wildman–Crippen LogP) is 14.7. The lowest BCUT2D eigenvalue weighted by molar-refractivity contribution is 1.31. The summed E-state index contributed by atoms with van der Waals surface area (Å²) in [5, 5.41) is 0. The normalized spacial score (nSPS) is 8.26. The van der Waals surface area contributed by atoms with E-state index >= 15 is 0 Å². The van der Waals surface area contributed by atoms with E-state index in [0.29, 0.717) is 0 Å². The van der Waals surface area contributed by atoms with Crippen molar-refractivity contribution in [1.29, 1.82) is 0 Å². The Bertz CT molecular complexity index is 537. The van der Waals surface area contributed by atoms with Crippen LogP contribution in [0.15, 0.2) is 91.0 Å². The fourth-order valence-corrected chi connectivity index (χ4v) is 1.97. The van der Waals surface area contributed by atoms with Gasteiger partial charge < -0.3 is 0 Å². The highest BCUT2D eigenvalue weighted by Crippen LogP contribution is 2.17. The highest BCUT2D eigenvalue weighted by molar-refractivity contribution is 5.59. The molecule has 0 radical (unpaired) electrons. The molecule has 0 amide bonds. The molecule has 0 heterocycles. The highest BCUT2D eigenvalue weighted by Gasteiger charge is 2.00. The van der Waals surface area contributed by atoms with E-state index in [4.69, 9.17) is 0 Å². The Morgan fingerprint density at radius 2 is 0.684 bits per heavy atom. The molecule has 2 aromatic carbocycles. The Labute approximate surface area is 245 Å². The molecule has 2 aliphatic rings. The molecule has 0 aliphatic heterocycles. The minimum atomic E-state index is 1.12. The van der Waals surface area contributed by atoms with Crippen molar-refractivity contribution in [2.24, 2.45) is 0 Å². The standard InChI is InChI=1S/C9H8.C6H6.C5H6.9C2H6/c1-2-5-9-7-3-6-8(9)4-1;1-2-4-6-5-3-1;1-2-4-5-3-1;9*1-2/h1-6H,7H2;1-6H;1-4H,5H2;9*1-2H3. The van der Waals surface area contributed by atoms with Gasteiger partial charge in [0.25, 0.3) is 0 Å². The van der Waals surface area contributed by atoms with Gasteiger partial charge in [-0.15, -0.1) is 0 Å². The molecule has 0 N–H and O–H groups in total. The minimum absolute atomic E-state index is 1.12. The van der Waals surface area contributed by atoms with Crippen LogP contribution in [0.1, 0.15) is 142 Å². The number of benzene rings is 2. The third-order valence-corrected chi connectivity index (χ3v) is 3.01. The van der Waals surface area contributed by atoms with E-state index in [0.717, 1.165) is 12.8 Å². The summed E-state index contributed by atoms with van der Waals surface area (Å²) in [5.74, 6) is 0. The van der Waals surface area contributed by atoms with Crippen molar-refractivity contribution in [1.82, 2.24) is 0 Å². The van der Waals surface area contributed by atoms with E-state index in [2.05, 4.69) is 60.7 Å². The van der Waals surface area contributed by atoms with E-state index in [-0.39, 0.29) is 0 Å². The maximum absolute atomic E-state index is 2.20. The first-order chi connectivity index (χ1) is 19.0. The van der Waals surface area contributed by atoms with Gasteiger partial charge in [-0.1, -0.05) is 222 Å². The van der Waals surface area contributed by atoms with Crippen molar-refractivity contribution in [2.45, 2.75) is 137 Å². The molecule has 0 saturated carbocycles. The zero-order valence-corrected chi connectivity index (χ0v) is 29.7. The van der Waals surface area contributed by atoms with Gasteiger partial charge in [0.2, 0.25) is 0 Å². The van der Waals surface area contributed by atoms with Crippen molar-refractivity contribution in [3.63, 3.8) is 0 Å². The minimum Gasteiger partial charge on any atom is -0.0808 e. The largest absolute Gasteiger partial charge is 0.0808 e. The van der Waals surface area contributed by atoms with Gasteiger partial charge in [-0.3, -0.25) is 0 Å². The SMILES string of the molecule is C1=CCC=C1.C1=Cc2ccccc2C1.CC.CC.CC.CC.CC.CC.CC.CC.CC.c1ccccc1. The van der Waals surface area contributed by atoms with Gasteiger partial charge in [-0.05, 0) is 24.0 Å². The molecule has 2 aromatic rings. The second kappa shape index (κ2) is 83.7.